The standard InChI is InChI=1S/C16H27N5O3/c1-19-12-17-18-15(19)2-3-16(23)21-9-13(14(10-21)11-22)8-20-4-6-24-7-5-20/h12-14,22H,2-11H2,1H3/t13-,14-/m1/s1. The zero-order chi connectivity index (χ0) is 16.9. The Morgan fingerprint density at radius 1 is 1.33 bits per heavy atom. The number of hydrogen-bond acceptors (Lipinski definition) is 6. The van der Waals surface area contributed by atoms with E-state index in [0.717, 1.165) is 45.2 Å². The zero-order valence-electron chi connectivity index (χ0n) is 14.3. The molecule has 8 heteroatoms. The molecule has 1 aromatic rings. The first-order valence-electron chi connectivity index (χ1n) is 8.69. The number of ether oxygens (including phenoxy) is 1. The summed E-state index contributed by atoms with van der Waals surface area (Å²) in [7, 11) is 1.88. The van der Waals surface area contributed by atoms with Crippen molar-refractivity contribution in [1.29, 1.82) is 0 Å². The topological polar surface area (TPSA) is 83.7 Å². The average molecular weight is 337 g/mol. The van der Waals surface area contributed by atoms with Gasteiger partial charge in [0.2, 0.25) is 5.91 Å². The molecule has 0 aromatic carbocycles. The fourth-order valence-corrected chi connectivity index (χ4v) is 3.58. The number of aromatic nitrogens is 3. The highest BCUT2D eigenvalue weighted by Gasteiger charge is 2.35. The van der Waals surface area contributed by atoms with Crippen LogP contribution >= 0.6 is 0 Å². The van der Waals surface area contributed by atoms with Gasteiger partial charge in [-0.2, -0.15) is 0 Å². The summed E-state index contributed by atoms with van der Waals surface area (Å²) in [6.07, 6.45) is 2.69. The Hall–Kier alpha value is -1.51. The van der Waals surface area contributed by atoms with E-state index < -0.39 is 0 Å². The zero-order valence-corrected chi connectivity index (χ0v) is 14.3. The van der Waals surface area contributed by atoms with Crippen LogP contribution in [0.15, 0.2) is 6.33 Å². The number of aryl methyl sites for hydroxylation is 2. The van der Waals surface area contributed by atoms with E-state index in [0.29, 0.717) is 25.3 Å². The predicted octanol–water partition coefficient (Wildman–Crippen LogP) is -0.853. The van der Waals surface area contributed by atoms with Gasteiger partial charge in [0.05, 0.1) is 13.2 Å². The van der Waals surface area contributed by atoms with Crippen molar-refractivity contribution in [3.05, 3.63) is 12.2 Å². The molecule has 1 N–H and O–H groups in total. The molecule has 0 unspecified atom stereocenters. The smallest absolute Gasteiger partial charge is 0.223 e. The van der Waals surface area contributed by atoms with Gasteiger partial charge in [-0.25, -0.2) is 0 Å². The van der Waals surface area contributed by atoms with Gasteiger partial charge in [0, 0.05) is 65.1 Å². The van der Waals surface area contributed by atoms with Crippen molar-refractivity contribution in [3.63, 3.8) is 0 Å². The lowest BCUT2D eigenvalue weighted by Crippen LogP contribution is -2.41. The second kappa shape index (κ2) is 8.04. The van der Waals surface area contributed by atoms with E-state index in [1.165, 1.54) is 0 Å². The van der Waals surface area contributed by atoms with Crippen LogP contribution in [0, 0.1) is 11.8 Å². The van der Waals surface area contributed by atoms with Gasteiger partial charge in [0.15, 0.2) is 0 Å². The van der Waals surface area contributed by atoms with Crippen LogP contribution < -0.4 is 0 Å². The van der Waals surface area contributed by atoms with Crippen LogP contribution in [-0.2, 0) is 23.0 Å². The molecule has 2 atom stereocenters. The molecule has 8 nitrogen and oxygen atoms in total. The number of aliphatic hydroxyl groups excluding tert-OH is 1. The third-order valence-electron chi connectivity index (χ3n) is 5.13. The lowest BCUT2D eigenvalue weighted by atomic mass is 9.96. The monoisotopic (exact) mass is 337 g/mol. The molecule has 2 fully saturated rings. The summed E-state index contributed by atoms with van der Waals surface area (Å²) in [5, 5.41) is 17.5. The Morgan fingerprint density at radius 2 is 2.08 bits per heavy atom. The third kappa shape index (κ3) is 4.12. The Morgan fingerprint density at radius 3 is 2.75 bits per heavy atom. The van der Waals surface area contributed by atoms with Gasteiger partial charge in [-0.3, -0.25) is 9.69 Å². The van der Waals surface area contributed by atoms with Gasteiger partial charge in [0.25, 0.3) is 0 Å². The molecular formula is C16H27N5O3. The second-order valence-electron chi connectivity index (χ2n) is 6.77. The maximum atomic E-state index is 12.5. The van der Waals surface area contributed by atoms with Gasteiger partial charge in [-0.15, -0.1) is 10.2 Å². The molecule has 3 rings (SSSR count). The Kier molecular flexibility index (Phi) is 5.80. The van der Waals surface area contributed by atoms with E-state index in [9.17, 15) is 9.90 Å². The van der Waals surface area contributed by atoms with Crippen LogP contribution in [-0.4, -0.2) is 88.1 Å². The van der Waals surface area contributed by atoms with E-state index in [-0.39, 0.29) is 18.4 Å². The van der Waals surface area contributed by atoms with E-state index in [2.05, 4.69) is 15.1 Å². The van der Waals surface area contributed by atoms with E-state index in [1.54, 1.807) is 6.33 Å². The van der Waals surface area contributed by atoms with Crippen molar-refractivity contribution >= 4 is 5.91 Å². The van der Waals surface area contributed by atoms with Crippen molar-refractivity contribution in [2.24, 2.45) is 18.9 Å². The maximum Gasteiger partial charge on any atom is 0.223 e. The number of rotatable bonds is 6. The molecule has 2 aliphatic rings. The first kappa shape index (κ1) is 17.3. The van der Waals surface area contributed by atoms with Crippen molar-refractivity contribution in [2.45, 2.75) is 12.8 Å². The molecule has 0 radical (unpaired) electrons. The third-order valence-corrected chi connectivity index (χ3v) is 5.13. The van der Waals surface area contributed by atoms with Crippen LogP contribution in [0.1, 0.15) is 12.2 Å². The molecular weight excluding hydrogens is 310 g/mol. The highest BCUT2D eigenvalue weighted by molar-refractivity contribution is 5.76. The van der Waals surface area contributed by atoms with Crippen LogP contribution in [0.25, 0.3) is 0 Å². The molecule has 134 valence electrons. The minimum Gasteiger partial charge on any atom is -0.396 e. The summed E-state index contributed by atoms with van der Waals surface area (Å²) in [6, 6.07) is 0. The highest BCUT2D eigenvalue weighted by atomic mass is 16.5. The van der Waals surface area contributed by atoms with Crippen molar-refractivity contribution in [1.82, 2.24) is 24.6 Å². The number of amides is 1. The predicted molar refractivity (Wildman–Crippen MR) is 87.2 cm³/mol. The molecule has 3 heterocycles. The molecule has 0 aliphatic carbocycles. The van der Waals surface area contributed by atoms with Gasteiger partial charge in [-0.1, -0.05) is 0 Å². The minimum atomic E-state index is 0.140. The number of carbonyl (C=O) groups is 1. The molecule has 0 bridgehead atoms. The van der Waals surface area contributed by atoms with Crippen LogP contribution in [0.2, 0.25) is 0 Å². The number of nitrogens with zero attached hydrogens (tertiary/aromatic N) is 5. The first-order chi connectivity index (χ1) is 11.7. The highest BCUT2D eigenvalue weighted by Crippen LogP contribution is 2.25. The summed E-state index contributed by atoms with van der Waals surface area (Å²) in [5.41, 5.74) is 0. The van der Waals surface area contributed by atoms with Gasteiger partial charge in [0.1, 0.15) is 12.2 Å². The van der Waals surface area contributed by atoms with Crippen LogP contribution in [0.3, 0.4) is 0 Å². The average Bonchev–Trinajstić information content (AvgIpc) is 3.19. The van der Waals surface area contributed by atoms with Gasteiger partial charge in [-0.05, 0) is 5.92 Å². The quantitative estimate of drug-likeness (QED) is 0.728. The van der Waals surface area contributed by atoms with E-state index in [1.807, 2.05) is 16.5 Å². The fourth-order valence-electron chi connectivity index (χ4n) is 3.58. The first-order valence-corrected chi connectivity index (χ1v) is 8.69. The number of carbonyl (C=O) groups excluding carboxylic acids is 1. The lowest BCUT2D eigenvalue weighted by Gasteiger charge is -2.30. The van der Waals surface area contributed by atoms with Gasteiger partial charge >= 0.3 is 0 Å². The Bertz CT molecular complexity index is 544. The molecule has 0 spiro atoms. The van der Waals surface area contributed by atoms with Crippen molar-refractivity contribution in [3.8, 4) is 0 Å². The Balaban J connectivity index is 1.50. The lowest BCUT2D eigenvalue weighted by molar-refractivity contribution is -0.130. The molecule has 2 saturated heterocycles. The largest absolute Gasteiger partial charge is 0.396 e. The molecule has 1 aromatic heterocycles. The van der Waals surface area contributed by atoms with Crippen LogP contribution in [0.5, 0.6) is 0 Å². The summed E-state index contributed by atoms with van der Waals surface area (Å²) >= 11 is 0. The summed E-state index contributed by atoms with van der Waals surface area (Å²) in [4.78, 5) is 16.8. The normalized spacial score (nSPS) is 25.3. The summed E-state index contributed by atoms with van der Waals surface area (Å²) in [6.45, 7) is 5.89. The molecule has 1 amide bonds. The molecule has 0 saturated carbocycles. The van der Waals surface area contributed by atoms with Crippen LogP contribution in [0.4, 0.5) is 0 Å². The molecule has 2 aliphatic heterocycles. The summed E-state index contributed by atoms with van der Waals surface area (Å²) < 4.78 is 7.23. The number of hydrogen-bond donors (Lipinski definition) is 1. The number of aliphatic hydroxyl groups is 1. The van der Waals surface area contributed by atoms with E-state index >= 15 is 0 Å². The van der Waals surface area contributed by atoms with Gasteiger partial charge < -0.3 is 19.3 Å². The van der Waals surface area contributed by atoms with E-state index in [4.69, 9.17) is 4.74 Å². The SMILES string of the molecule is Cn1cnnc1CCC(=O)N1C[C@@H](CN2CCOCC2)[C@@H](CO)C1. The number of likely N-dealkylation sites (tertiary alicyclic amines) is 1. The fraction of sp³-hybridized carbons (Fsp3) is 0.812. The number of morpholine rings is 1. The summed E-state index contributed by atoms with van der Waals surface area (Å²) in [5.74, 6) is 1.48. The maximum absolute atomic E-state index is 12.5. The Labute approximate surface area is 142 Å². The van der Waals surface area contributed by atoms with Crippen molar-refractivity contribution in [2.75, 3.05) is 52.5 Å². The van der Waals surface area contributed by atoms with Crippen molar-refractivity contribution < 1.29 is 14.6 Å². The molecule has 24 heavy (non-hydrogen) atoms. The second-order valence-corrected chi connectivity index (χ2v) is 6.77. The minimum absolute atomic E-state index is 0.140.